The zero-order valence-corrected chi connectivity index (χ0v) is 10.1. The number of hydrogen-bond donors (Lipinski definition) is 2. The fraction of sp³-hybridized carbons (Fsp3) is 0.909. The van der Waals surface area contributed by atoms with Crippen LogP contribution in [0.25, 0.3) is 0 Å². The molecule has 0 aromatic heterocycles. The van der Waals surface area contributed by atoms with Crippen LogP contribution in [0, 0.1) is 0 Å². The lowest BCUT2D eigenvalue weighted by Gasteiger charge is -2.12. The van der Waals surface area contributed by atoms with Crippen molar-refractivity contribution < 1.29 is 14.3 Å². The van der Waals surface area contributed by atoms with Crippen LogP contribution in [-0.2, 0) is 9.47 Å². The number of rotatable bonds is 6. The highest BCUT2D eigenvalue weighted by Gasteiger charge is 2.16. The Morgan fingerprint density at radius 2 is 2.38 bits per heavy atom. The first-order valence-electron chi connectivity index (χ1n) is 5.92. The highest BCUT2D eigenvalue weighted by molar-refractivity contribution is 5.74. The Morgan fingerprint density at radius 3 is 3.00 bits per heavy atom. The van der Waals surface area contributed by atoms with E-state index in [-0.39, 0.29) is 18.2 Å². The lowest BCUT2D eigenvalue weighted by atomic mass is 10.3. The van der Waals surface area contributed by atoms with Crippen LogP contribution in [0.4, 0.5) is 4.79 Å². The average Bonchev–Trinajstić information content (AvgIpc) is 2.69. The van der Waals surface area contributed by atoms with Gasteiger partial charge in [-0.2, -0.15) is 0 Å². The average molecular weight is 230 g/mol. The van der Waals surface area contributed by atoms with Gasteiger partial charge in [0.25, 0.3) is 0 Å². The summed E-state index contributed by atoms with van der Waals surface area (Å²) in [5.74, 6) is 0. The van der Waals surface area contributed by atoms with Crippen LogP contribution in [0.2, 0.25) is 0 Å². The smallest absolute Gasteiger partial charge is 0.315 e. The summed E-state index contributed by atoms with van der Waals surface area (Å²) in [7, 11) is 0. The minimum absolute atomic E-state index is 0.111. The van der Waals surface area contributed by atoms with Crippen molar-refractivity contribution in [2.24, 2.45) is 0 Å². The second-order valence-electron chi connectivity index (χ2n) is 4.23. The fourth-order valence-corrected chi connectivity index (χ4v) is 1.48. The van der Waals surface area contributed by atoms with Gasteiger partial charge in [-0.3, -0.25) is 0 Å². The number of hydrogen-bond acceptors (Lipinski definition) is 3. The molecular formula is C11H22N2O3. The molecule has 0 radical (unpaired) electrons. The Morgan fingerprint density at radius 1 is 1.56 bits per heavy atom. The molecule has 1 aliphatic heterocycles. The van der Waals surface area contributed by atoms with Gasteiger partial charge >= 0.3 is 6.03 Å². The minimum Gasteiger partial charge on any atom is -0.379 e. The number of carbonyl (C=O) groups excluding carboxylic acids is 1. The van der Waals surface area contributed by atoms with Gasteiger partial charge in [0.2, 0.25) is 0 Å². The molecular weight excluding hydrogens is 208 g/mol. The number of carbonyl (C=O) groups is 1. The monoisotopic (exact) mass is 230 g/mol. The Hall–Kier alpha value is -0.810. The molecule has 2 amide bonds. The molecule has 1 saturated heterocycles. The van der Waals surface area contributed by atoms with Gasteiger partial charge in [-0.1, -0.05) is 0 Å². The molecule has 5 heteroatoms. The molecule has 1 atom stereocenters. The summed E-state index contributed by atoms with van der Waals surface area (Å²) < 4.78 is 10.5. The molecule has 16 heavy (non-hydrogen) atoms. The highest BCUT2D eigenvalue weighted by Crippen LogP contribution is 2.02. The van der Waals surface area contributed by atoms with Crippen LogP contribution in [0.1, 0.15) is 26.7 Å². The van der Waals surface area contributed by atoms with Crippen LogP contribution >= 0.6 is 0 Å². The molecule has 5 nitrogen and oxygen atoms in total. The van der Waals surface area contributed by atoms with E-state index >= 15 is 0 Å². The lowest BCUT2D eigenvalue weighted by molar-refractivity contribution is 0.0774. The maximum absolute atomic E-state index is 11.4. The van der Waals surface area contributed by atoms with Crippen molar-refractivity contribution in [3.05, 3.63) is 0 Å². The van der Waals surface area contributed by atoms with Crippen LogP contribution in [0.5, 0.6) is 0 Å². The molecule has 0 bridgehead atoms. The predicted molar refractivity (Wildman–Crippen MR) is 61.5 cm³/mol. The molecule has 0 aromatic rings. The second-order valence-corrected chi connectivity index (χ2v) is 4.23. The molecule has 1 unspecified atom stereocenters. The topological polar surface area (TPSA) is 59.6 Å². The van der Waals surface area contributed by atoms with E-state index in [1.54, 1.807) is 0 Å². The van der Waals surface area contributed by atoms with E-state index in [1.807, 2.05) is 13.8 Å². The van der Waals surface area contributed by atoms with Crippen molar-refractivity contribution in [2.75, 3.05) is 26.4 Å². The third kappa shape index (κ3) is 5.92. The van der Waals surface area contributed by atoms with Crippen molar-refractivity contribution in [3.63, 3.8) is 0 Å². The summed E-state index contributed by atoms with van der Waals surface area (Å²) in [6.07, 6.45) is 2.00. The van der Waals surface area contributed by atoms with Crippen LogP contribution in [0.15, 0.2) is 0 Å². The first kappa shape index (κ1) is 13.3. The Kier molecular flexibility index (Phi) is 6.18. The van der Waals surface area contributed by atoms with E-state index in [0.717, 1.165) is 19.4 Å². The maximum atomic E-state index is 11.4. The largest absolute Gasteiger partial charge is 0.379 e. The van der Waals surface area contributed by atoms with E-state index in [9.17, 15) is 4.79 Å². The van der Waals surface area contributed by atoms with Gasteiger partial charge in [0.15, 0.2) is 0 Å². The van der Waals surface area contributed by atoms with Crippen molar-refractivity contribution in [1.29, 1.82) is 0 Å². The maximum Gasteiger partial charge on any atom is 0.315 e. The van der Waals surface area contributed by atoms with Gasteiger partial charge in [0, 0.05) is 19.8 Å². The normalized spacial score (nSPS) is 20.1. The van der Waals surface area contributed by atoms with E-state index in [2.05, 4.69) is 10.6 Å². The van der Waals surface area contributed by atoms with Crippen LogP contribution in [0.3, 0.4) is 0 Å². The molecule has 1 rings (SSSR count). The third-order valence-corrected chi connectivity index (χ3v) is 2.32. The summed E-state index contributed by atoms with van der Waals surface area (Å²) in [6, 6.07) is 0.0620. The molecule has 0 spiro atoms. The quantitative estimate of drug-likeness (QED) is 0.666. The summed E-state index contributed by atoms with van der Waals surface area (Å²) >= 11 is 0. The van der Waals surface area contributed by atoms with Crippen molar-refractivity contribution in [3.8, 4) is 0 Å². The first-order chi connectivity index (χ1) is 7.68. The van der Waals surface area contributed by atoms with E-state index in [1.165, 1.54) is 0 Å². The highest BCUT2D eigenvalue weighted by atomic mass is 16.5. The zero-order valence-electron chi connectivity index (χ0n) is 10.1. The number of nitrogens with one attached hydrogen (secondary N) is 2. The SMILES string of the molecule is CC(C)OCCCNC(=O)NC1CCOC1. The van der Waals surface area contributed by atoms with Crippen molar-refractivity contribution >= 4 is 6.03 Å². The first-order valence-corrected chi connectivity index (χ1v) is 5.92. The number of urea groups is 1. The fourth-order valence-electron chi connectivity index (χ4n) is 1.48. The molecule has 1 aliphatic rings. The molecule has 2 N–H and O–H groups in total. The zero-order chi connectivity index (χ0) is 11.8. The molecule has 1 fully saturated rings. The number of ether oxygens (including phenoxy) is 2. The predicted octanol–water partition coefficient (Wildman–Crippen LogP) is 0.890. The Bertz CT molecular complexity index is 203. The minimum atomic E-state index is -0.111. The molecule has 1 heterocycles. The van der Waals surface area contributed by atoms with Gasteiger partial charge in [-0.25, -0.2) is 4.79 Å². The molecule has 94 valence electrons. The molecule has 0 aromatic carbocycles. The molecule has 0 aliphatic carbocycles. The van der Waals surface area contributed by atoms with E-state index in [4.69, 9.17) is 9.47 Å². The Labute approximate surface area is 96.9 Å². The van der Waals surface area contributed by atoms with Gasteiger partial charge in [-0.15, -0.1) is 0 Å². The second kappa shape index (κ2) is 7.46. The van der Waals surface area contributed by atoms with Crippen molar-refractivity contribution in [2.45, 2.75) is 38.8 Å². The third-order valence-electron chi connectivity index (χ3n) is 2.32. The lowest BCUT2D eigenvalue weighted by Crippen LogP contribution is -2.42. The summed E-state index contributed by atoms with van der Waals surface area (Å²) in [5.41, 5.74) is 0. The number of amides is 2. The Balaban J connectivity index is 1.93. The van der Waals surface area contributed by atoms with E-state index < -0.39 is 0 Å². The van der Waals surface area contributed by atoms with Gasteiger partial charge in [0.05, 0.1) is 18.8 Å². The summed E-state index contributed by atoms with van der Waals surface area (Å²) in [6.45, 7) is 6.70. The summed E-state index contributed by atoms with van der Waals surface area (Å²) in [4.78, 5) is 11.4. The standard InChI is InChI=1S/C11H22N2O3/c1-9(2)16-6-3-5-12-11(14)13-10-4-7-15-8-10/h9-10H,3-8H2,1-2H3,(H2,12,13,14). The van der Waals surface area contributed by atoms with Crippen LogP contribution in [-0.4, -0.2) is 44.5 Å². The van der Waals surface area contributed by atoms with Crippen molar-refractivity contribution in [1.82, 2.24) is 10.6 Å². The summed E-state index contributed by atoms with van der Waals surface area (Å²) in [5, 5.41) is 5.66. The van der Waals surface area contributed by atoms with Crippen LogP contribution < -0.4 is 10.6 Å². The van der Waals surface area contributed by atoms with E-state index in [0.29, 0.717) is 19.8 Å². The van der Waals surface area contributed by atoms with Gasteiger partial charge in [-0.05, 0) is 26.7 Å². The molecule has 0 saturated carbocycles. The van der Waals surface area contributed by atoms with Gasteiger partial charge < -0.3 is 20.1 Å². The van der Waals surface area contributed by atoms with Gasteiger partial charge in [0.1, 0.15) is 0 Å².